The van der Waals surface area contributed by atoms with E-state index in [1.54, 1.807) is 0 Å². The molecule has 18 heavy (non-hydrogen) atoms. The summed E-state index contributed by atoms with van der Waals surface area (Å²) in [6.45, 7) is 6.87. The Balaban J connectivity index is 1.80. The smallest absolute Gasteiger partial charge is 0.0599 e. The highest BCUT2D eigenvalue weighted by Crippen LogP contribution is 2.16. The first-order valence-corrected chi connectivity index (χ1v) is 6.93. The SMILES string of the molecule is CCOC1CCN(Cc2ccc(CN)cc2)CC1. The Morgan fingerprint density at radius 2 is 1.78 bits per heavy atom. The molecule has 2 N–H and O–H groups in total. The molecule has 1 saturated heterocycles. The van der Waals surface area contributed by atoms with Gasteiger partial charge in [0.15, 0.2) is 0 Å². The Hall–Kier alpha value is -0.900. The fraction of sp³-hybridized carbons (Fsp3) is 0.600. The number of ether oxygens (including phenoxy) is 1. The van der Waals surface area contributed by atoms with Gasteiger partial charge in [0.1, 0.15) is 0 Å². The van der Waals surface area contributed by atoms with E-state index in [0.29, 0.717) is 12.6 Å². The van der Waals surface area contributed by atoms with Gasteiger partial charge in [0.25, 0.3) is 0 Å². The lowest BCUT2D eigenvalue weighted by Gasteiger charge is -2.31. The first kappa shape index (κ1) is 13.5. The van der Waals surface area contributed by atoms with Gasteiger partial charge in [-0.3, -0.25) is 4.90 Å². The van der Waals surface area contributed by atoms with E-state index in [1.807, 2.05) is 0 Å². The Bertz CT molecular complexity index is 342. The third-order valence-electron chi connectivity index (χ3n) is 3.60. The second-order valence-electron chi connectivity index (χ2n) is 4.95. The van der Waals surface area contributed by atoms with Crippen molar-refractivity contribution < 1.29 is 4.74 Å². The lowest BCUT2D eigenvalue weighted by atomic mass is 10.1. The molecule has 0 spiro atoms. The third kappa shape index (κ3) is 3.80. The van der Waals surface area contributed by atoms with Gasteiger partial charge in [-0.25, -0.2) is 0 Å². The molecular weight excluding hydrogens is 224 g/mol. The van der Waals surface area contributed by atoms with E-state index in [0.717, 1.165) is 39.1 Å². The molecule has 2 rings (SSSR count). The molecule has 1 aliphatic rings. The molecule has 1 fully saturated rings. The molecular formula is C15H24N2O. The van der Waals surface area contributed by atoms with Gasteiger partial charge in [0, 0.05) is 32.8 Å². The second kappa shape index (κ2) is 6.88. The van der Waals surface area contributed by atoms with Gasteiger partial charge >= 0.3 is 0 Å². The van der Waals surface area contributed by atoms with Crippen LogP contribution in [-0.4, -0.2) is 30.7 Å². The maximum absolute atomic E-state index is 5.67. The third-order valence-corrected chi connectivity index (χ3v) is 3.60. The van der Waals surface area contributed by atoms with Crippen molar-refractivity contribution in [3.63, 3.8) is 0 Å². The molecule has 1 aliphatic heterocycles. The summed E-state index contributed by atoms with van der Waals surface area (Å²) in [5, 5.41) is 0. The van der Waals surface area contributed by atoms with Crippen LogP contribution in [0.4, 0.5) is 0 Å². The number of nitrogens with zero attached hydrogens (tertiary/aromatic N) is 1. The van der Waals surface area contributed by atoms with Gasteiger partial charge in [0.2, 0.25) is 0 Å². The minimum absolute atomic E-state index is 0.478. The minimum Gasteiger partial charge on any atom is -0.378 e. The topological polar surface area (TPSA) is 38.5 Å². The van der Waals surface area contributed by atoms with Crippen molar-refractivity contribution in [2.75, 3.05) is 19.7 Å². The van der Waals surface area contributed by atoms with Crippen LogP contribution in [-0.2, 0) is 17.8 Å². The Kier molecular flexibility index (Phi) is 5.17. The zero-order valence-electron chi connectivity index (χ0n) is 11.3. The molecule has 0 amide bonds. The van der Waals surface area contributed by atoms with Crippen molar-refractivity contribution >= 4 is 0 Å². The molecule has 0 saturated carbocycles. The lowest BCUT2D eigenvalue weighted by Crippen LogP contribution is -2.36. The summed E-state index contributed by atoms with van der Waals surface area (Å²) in [5.74, 6) is 0. The molecule has 1 aromatic rings. The maximum atomic E-state index is 5.67. The number of likely N-dealkylation sites (tertiary alicyclic amines) is 1. The number of nitrogens with two attached hydrogens (primary N) is 1. The molecule has 3 nitrogen and oxygen atoms in total. The molecule has 0 aliphatic carbocycles. The predicted molar refractivity (Wildman–Crippen MR) is 74.3 cm³/mol. The van der Waals surface area contributed by atoms with E-state index in [4.69, 9.17) is 10.5 Å². The van der Waals surface area contributed by atoms with Gasteiger partial charge in [-0.15, -0.1) is 0 Å². The first-order valence-electron chi connectivity index (χ1n) is 6.93. The van der Waals surface area contributed by atoms with Gasteiger partial charge in [0.05, 0.1) is 6.10 Å². The molecule has 0 radical (unpaired) electrons. The quantitative estimate of drug-likeness (QED) is 0.867. The van der Waals surface area contributed by atoms with E-state index >= 15 is 0 Å². The van der Waals surface area contributed by atoms with Crippen LogP contribution in [0.5, 0.6) is 0 Å². The number of benzene rings is 1. The van der Waals surface area contributed by atoms with E-state index < -0.39 is 0 Å². The predicted octanol–water partition coefficient (Wildman–Crippen LogP) is 2.15. The maximum Gasteiger partial charge on any atom is 0.0599 e. The van der Waals surface area contributed by atoms with Gasteiger partial charge < -0.3 is 10.5 Å². The van der Waals surface area contributed by atoms with Crippen molar-refractivity contribution in [3.8, 4) is 0 Å². The van der Waals surface area contributed by atoms with Gasteiger partial charge in [-0.2, -0.15) is 0 Å². The van der Waals surface area contributed by atoms with Crippen molar-refractivity contribution in [1.82, 2.24) is 4.90 Å². The highest BCUT2D eigenvalue weighted by Gasteiger charge is 2.18. The molecule has 0 aromatic heterocycles. The molecule has 0 bridgehead atoms. The summed E-state index contributed by atoms with van der Waals surface area (Å²) >= 11 is 0. The summed E-state index contributed by atoms with van der Waals surface area (Å²) in [6.07, 6.45) is 2.80. The minimum atomic E-state index is 0.478. The van der Waals surface area contributed by atoms with Crippen LogP contribution in [0.2, 0.25) is 0 Å². The summed E-state index contributed by atoms with van der Waals surface area (Å²) in [4.78, 5) is 2.51. The average Bonchev–Trinajstić information content (AvgIpc) is 2.42. The molecule has 3 heteroatoms. The van der Waals surface area contributed by atoms with Crippen molar-refractivity contribution in [3.05, 3.63) is 35.4 Å². The van der Waals surface area contributed by atoms with Gasteiger partial charge in [-0.1, -0.05) is 24.3 Å². The summed E-state index contributed by atoms with van der Waals surface area (Å²) < 4.78 is 5.67. The first-order chi connectivity index (χ1) is 8.81. The van der Waals surface area contributed by atoms with Crippen LogP contribution in [0.3, 0.4) is 0 Å². The van der Waals surface area contributed by atoms with Crippen LogP contribution in [0.25, 0.3) is 0 Å². The normalized spacial score (nSPS) is 18.1. The fourth-order valence-corrected chi connectivity index (χ4v) is 2.51. The Morgan fingerprint density at radius 3 is 2.33 bits per heavy atom. The molecule has 0 atom stereocenters. The number of rotatable bonds is 5. The molecule has 1 aromatic carbocycles. The van der Waals surface area contributed by atoms with E-state index in [1.165, 1.54) is 11.1 Å². The van der Waals surface area contributed by atoms with Crippen LogP contribution >= 0.6 is 0 Å². The summed E-state index contributed by atoms with van der Waals surface area (Å²) in [6, 6.07) is 8.64. The summed E-state index contributed by atoms with van der Waals surface area (Å²) in [5.41, 5.74) is 8.18. The fourth-order valence-electron chi connectivity index (χ4n) is 2.51. The zero-order chi connectivity index (χ0) is 12.8. The van der Waals surface area contributed by atoms with Crippen molar-refractivity contribution in [2.24, 2.45) is 5.73 Å². The van der Waals surface area contributed by atoms with Crippen LogP contribution < -0.4 is 5.73 Å². The Labute approximate surface area is 110 Å². The number of hydrogen-bond acceptors (Lipinski definition) is 3. The molecule has 100 valence electrons. The second-order valence-corrected chi connectivity index (χ2v) is 4.95. The van der Waals surface area contributed by atoms with E-state index in [-0.39, 0.29) is 0 Å². The highest BCUT2D eigenvalue weighted by atomic mass is 16.5. The monoisotopic (exact) mass is 248 g/mol. The molecule has 0 unspecified atom stereocenters. The number of hydrogen-bond donors (Lipinski definition) is 1. The standard InChI is InChI=1S/C15H24N2O/c1-2-18-15-7-9-17(10-8-15)12-14-5-3-13(11-16)4-6-14/h3-6,15H,2,7-12,16H2,1H3. The van der Waals surface area contributed by atoms with Crippen LogP contribution in [0.15, 0.2) is 24.3 Å². The number of piperidine rings is 1. The van der Waals surface area contributed by atoms with Gasteiger partial charge in [-0.05, 0) is 30.9 Å². The summed E-state index contributed by atoms with van der Waals surface area (Å²) in [7, 11) is 0. The van der Waals surface area contributed by atoms with E-state index in [2.05, 4.69) is 36.1 Å². The zero-order valence-corrected chi connectivity index (χ0v) is 11.3. The lowest BCUT2D eigenvalue weighted by molar-refractivity contribution is 0.0125. The van der Waals surface area contributed by atoms with Crippen LogP contribution in [0, 0.1) is 0 Å². The van der Waals surface area contributed by atoms with Crippen molar-refractivity contribution in [2.45, 2.75) is 39.0 Å². The molecule has 1 heterocycles. The van der Waals surface area contributed by atoms with Crippen molar-refractivity contribution in [1.29, 1.82) is 0 Å². The van der Waals surface area contributed by atoms with Crippen LogP contribution in [0.1, 0.15) is 30.9 Å². The average molecular weight is 248 g/mol. The largest absolute Gasteiger partial charge is 0.378 e. The Morgan fingerprint density at radius 1 is 1.17 bits per heavy atom. The highest BCUT2D eigenvalue weighted by molar-refractivity contribution is 5.22. The van der Waals surface area contributed by atoms with E-state index in [9.17, 15) is 0 Å².